The number of ether oxygens (including phenoxy) is 1. The minimum atomic E-state index is 0.0160. The van der Waals surface area contributed by atoms with Gasteiger partial charge in [0.15, 0.2) is 0 Å². The van der Waals surface area contributed by atoms with Gasteiger partial charge in [0.1, 0.15) is 0 Å². The van der Waals surface area contributed by atoms with Gasteiger partial charge in [-0.3, -0.25) is 0 Å². The molecule has 0 bridgehead atoms. The van der Waals surface area contributed by atoms with Crippen molar-refractivity contribution >= 4 is 0 Å². The minimum Gasteiger partial charge on any atom is -0.370 e. The van der Waals surface area contributed by atoms with Crippen molar-refractivity contribution in [1.82, 2.24) is 0 Å². The van der Waals surface area contributed by atoms with Crippen molar-refractivity contribution < 1.29 is 4.74 Å². The first-order valence-corrected chi connectivity index (χ1v) is 14.5. The van der Waals surface area contributed by atoms with Crippen LogP contribution in [-0.2, 0) is 4.74 Å². The maximum atomic E-state index is 6.59. The predicted octanol–water partition coefficient (Wildman–Crippen LogP) is 11.2. The highest BCUT2D eigenvalue weighted by Crippen LogP contribution is 2.29. The Kier molecular flexibility index (Phi) is 20.5. The van der Waals surface area contributed by atoms with Crippen LogP contribution in [0.3, 0.4) is 0 Å². The van der Waals surface area contributed by atoms with E-state index in [1.54, 1.807) is 0 Å². The molecule has 0 rings (SSSR count). The maximum Gasteiger partial charge on any atom is 0.0633 e. The molecule has 0 unspecified atom stereocenters. The summed E-state index contributed by atoms with van der Waals surface area (Å²) < 4.78 is 6.59. The first-order valence-electron chi connectivity index (χ1n) is 14.5. The van der Waals surface area contributed by atoms with Gasteiger partial charge < -0.3 is 4.74 Å². The van der Waals surface area contributed by atoms with Gasteiger partial charge in [-0.05, 0) is 40.5 Å². The SMILES string of the molecule is CCCCCCCCCCCCC(C)(C)OC(C)(C)CCCCCCCCCCCC. The Balaban J connectivity index is 3.65. The molecule has 0 spiro atoms. The van der Waals surface area contributed by atoms with E-state index >= 15 is 0 Å². The normalized spacial score (nSPS) is 12.6. The molecule has 0 N–H and O–H groups in total. The molecule has 0 aromatic carbocycles. The van der Waals surface area contributed by atoms with Crippen LogP contribution in [0.15, 0.2) is 0 Å². The van der Waals surface area contributed by atoms with Crippen LogP contribution in [0.4, 0.5) is 0 Å². The highest BCUT2D eigenvalue weighted by molar-refractivity contribution is 4.77. The zero-order valence-electron chi connectivity index (χ0n) is 23.0. The summed E-state index contributed by atoms with van der Waals surface area (Å²) in [5.74, 6) is 0. The Labute approximate surface area is 198 Å². The van der Waals surface area contributed by atoms with E-state index in [0.29, 0.717) is 0 Å². The Morgan fingerprint density at radius 1 is 0.355 bits per heavy atom. The van der Waals surface area contributed by atoms with Crippen LogP contribution >= 0.6 is 0 Å². The molecular weight excluding hydrogens is 376 g/mol. The van der Waals surface area contributed by atoms with Crippen molar-refractivity contribution in [3.8, 4) is 0 Å². The van der Waals surface area contributed by atoms with Gasteiger partial charge in [0.05, 0.1) is 11.2 Å². The van der Waals surface area contributed by atoms with Crippen LogP contribution in [-0.4, -0.2) is 11.2 Å². The molecule has 1 heteroatoms. The van der Waals surface area contributed by atoms with Crippen molar-refractivity contribution in [3.63, 3.8) is 0 Å². The molecule has 0 aliphatic heterocycles. The zero-order valence-corrected chi connectivity index (χ0v) is 23.0. The van der Waals surface area contributed by atoms with Gasteiger partial charge in [0.2, 0.25) is 0 Å². The highest BCUT2D eigenvalue weighted by Gasteiger charge is 2.28. The predicted molar refractivity (Wildman–Crippen MR) is 142 cm³/mol. The molecule has 0 saturated carbocycles. The van der Waals surface area contributed by atoms with Gasteiger partial charge in [0, 0.05) is 0 Å². The zero-order chi connectivity index (χ0) is 23.3. The van der Waals surface area contributed by atoms with Crippen LogP contribution in [0.2, 0.25) is 0 Å². The summed E-state index contributed by atoms with van der Waals surface area (Å²) in [6.45, 7) is 13.8. The number of hydrogen-bond donors (Lipinski definition) is 0. The van der Waals surface area contributed by atoms with E-state index in [1.807, 2.05) is 0 Å². The molecule has 0 heterocycles. The second kappa shape index (κ2) is 20.6. The molecule has 0 saturated heterocycles. The standard InChI is InChI=1S/C30H62O/c1-7-9-11-13-15-17-19-21-23-25-27-29(3,4)31-30(5,6)28-26-24-22-20-18-16-14-12-10-8-2/h7-28H2,1-6H3. The average Bonchev–Trinajstić information content (AvgIpc) is 2.70. The molecule has 1 nitrogen and oxygen atoms in total. The van der Waals surface area contributed by atoms with E-state index in [-0.39, 0.29) is 11.2 Å². The van der Waals surface area contributed by atoms with Crippen molar-refractivity contribution in [1.29, 1.82) is 0 Å². The van der Waals surface area contributed by atoms with Gasteiger partial charge >= 0.3 is 0 Å². The van der Waals surface area contributed by atoms with Gasteiger partial charge in [-0.2, -0.15) is 0 Å². The second-order valence-corrected chi connectivity index (χ2v) is 11.5. The van der Waals surface area contributed by atoms with Crippen LogP contribution in [0, 0.1) is 0 Å². The maximum absolute atomic E-state index is 6.59. The number of hydrogen-bond acceptors (Lipinski definition) is 1. The molecule has 0 aliphatic rings. The van der Waals surface area contributed by atoms with Crippen molar-refractivity contribution in [3.05, 3.63) is 0 Å². The van der Waals surface area contributed by atoms with E-state index in [9.17, 15) is 0 Å². The molecule has 0 aromatic heterocycles. The fourth-order valence-corrected chi connectivity index (χ4v) is 4.93. The van der Waals surface area contributed by atoms with Gasteiger partial charge in [-0.1, -0.05) is 142 Å². The van der Waals surface area contributed by atoms with Gasteiger partial charge in [-0.25, -0.2) is 0 Å². The number of unbranched alkanes of at least 4 members (excludes halogenated alkanes) is 18. The molecule has 0 radical (unpaired) electrons. The average molecular weight is 439 g/mol. The molecule has 0 fully saturated rings. The monoisotopic (exact) mass is 438 g/mol. The molecule has 0 amide bonds. The lowest BCUT2D eigenvalue weighted by Crippen LogP contribution is -2.37. The lowest BCUT2D eigenvalue weighted by atomic mass is 9.94. The Bertz CT molecular complexity index is 323. The first-order chi connectivity index (χ1) is 14.8. The largest absolute Gasteiger partial charge is 0.370 e. The van der Waals surface area contributed by atoms with E-state index < -0.39 is 0 Å². The molecule has 31 heavy (non-hydrogen) atoms. The van der Waals surface area contributed by atoms with E-state index in [1.165, 1.54) is 141 Å². The summed E-state index contributed by atoms with van der Waals surface area (Å²) in [5, 5.41) is 0. The Morgan fingerprint density at radius 2 is 0.581 bits per heavy atom. The quantitative estimate of drug-likeness (QED) is 0.136. The summed E-state index contributed by atoms with van der Waals surface area (Å²) in [5.41, 5.74) is 0.0320. The van der Waals surface area contributed by atoms with E-state index in [4.69, 9.17) is 4.74 Å². The Hall–Kier alpha value is -0.0400. The smallest absolute Gasteiger partial charge is 0.0633 e. The van der Waals surface area contributed by atoms with Crippen molar-refractivity contribution in [2.75, 3.05) is 0 Å². The molecule has 0 aromatic rings. The summed E-state index contributed by atoms with van der Waals surface area (Å²) >= 11 is 0. The summed E-state index contributed by atoms with van der Waals surface area (Å²) in [7, 11) is 0. The van der Waals surface area contributed by atoms with Crippen LogP contribution in [0.5, 0.6) is 0 Å². The summed E-state index contributed by atoms with van der Waals surface area (Å²) in [4.78, 5) is 0. The third kappa shape index (κ3) is 22.9. The third-order valence-electron chi connectivity index (χ3n) is 6.82. The summed E-state index contributed by atoms with van der Waals surface area (Å²) in [6.07, 6.45) is 30.6. The van der Waals surface area contributed by atoms with Gasteiger partial charge in [-0.15, -0.1) is 0 Å². The highest BCUT2D eigenvalue weighted by atomic mass is 16.5. The molecule has 0 atom stereocenters. The molecule has 0 aliphatic carbocycles. The molecular formula is C30H62O. The van der Waals surface area contributed by atoms with Crippen LogP contribution in [0.25, 0.3) is 0 Å². The van der Waals surface area contributed by atoms with Crippen LogP contribution in [0.1, 0.15) is 183 Å². The lowest BCUT2D eigenvalue weighted by Gasteiger charge is -2.36. The van der Waals surface area contributed by atoms with Gasteiger partial charge in [0.25, 0.3) is 0 Å². The third-order valence-corrected chi connectivity index (χ3v) is 6.82. The fraction of sp³-hybridized carbons (Fsp3) is 1.00. The van der Waals surface area contributed by atoms with E-state index in [2.05, 4.69) is 41.5 Å². The minimum absolute atomic E-state index is 0.0160. The Morgan fingerprint density at radius 3 is 0.839 bits per heavy atom. The van der Waals surface area contributed by atoms with Crippen molar-refractivity contribution in [2.24, 2.45) is 0 Å². The lowest BCUT2D eigenvalue weighted by molar-refractivity contribution is -0.130. The first kappa shape index (κ1) is 31.0. The van der Waals surface area contributed by atoms with Crippen LogP contribution < -0.4 is 0 Å². The van der Waals surface area contributed by atoms with E-state index in [0.717, 1.165) is 0 Å². The molecule has 188 valence electrons. The number of rotatable bonds is 24. The second-order valence-electron chi connectivity index (χ2n) is 11.5. The topological polar surface area (TPSA) is 9.23 Å². The summed E-state index contributed by atoms with van der Waals surface area (Å²) in [6, 6.07) is 0. The fourth-order valence-electron chi connectivity index (χ4n) is 4.93. The van der Waals surface area contributed by atoms with Crippen molar-refractivity contribution in [2.45, 2.75) is 194 Å².